The number of alkyl halides is 1. The van der Waals surface area contributed by atoms with Crippen molar-refractivity contribution in [3.63, 3.8) is 0 Å². The van der Waals surface area contributed by atoms with Crippen molar-refractivity contribution in [1.29, 1.82) is 0 Å². The van der Waals surface area contributed by atoms with Crippen LogP contribution in [-0.4, -0.2) is 29.6 Å². The maximum absolute atomic E-state index is 14.3. The van der Waals surface area contributed by atoms with E-state index in [1.165, 1.54) is 10.9 Å². The molecule has 1 N–H and O–H groups in total. The fraction of sp³-hybridized carbons (Fsp3) is 0.278. The van der Waals surface area contributed by atoms with Gasteiger partial charge in [-0.25, -0.2) is 14.4 Å². The lowest BCUT2D eigenvalue weighted by atomic mass is 9.97. The average molecular weight is 356 g/mol. The molecule has 0 aliphatic heterocycles. The van der Waals surface area contributed by atoms with Crippen LogP contribution in [0.2, 0.25) is 0 Å². The number of nitrogens with zero attached hydrogens (tertiary/aromatic N) is 3. The van der Waals surface area contributed by atoms with E-state index in [2.05, 4.69) is 15.3 Å². The Morgan fingerprint density at radius 2 is 1.96 bits per heavy atom. The summed E-state index contributed by atoms with van der Waals surface area (Å²) in [5, 5.41) is 3.79. The first kappa shape index (κ1) is 19.6. The highest BCUT2D eigenvalue weighted by Gasteiger charge is 2.15. The Morgan fingerprint density at radius 3 is 2.65 bits per heavy atom. The summed E-state index contributed by atoms with van der Waals surface area (Å²) in [6.07, 6.45) is 1.36. The van der Waals surface area contributed by atoms with E-state index in [9.17, 15) is 13.6 Å². The molecule has 0 bridgehead atoms. The Bertz CT molecular complexity index is 991. The van der Waals surface area contributed by atoms with Gasteiger partial charge >= 0.3 is 0 Å². The second kappa shape index (κ2) is 8.08. The lowest BCUT2D eigenvalue weighted by Gasteiger charge is -2.18. The van der Waals surface area contributed by atoms with Crippen LogP contribution in [0, 0.1) is 12.7 Å². The van der Waals surface area contributed by atoms with E-state index in [-0.39, 0.29) is 22.9 Å². The first-order valence-electron chi connectivity index (χ1n) is 7.89. The minimum absolute atomic E-state index is 0.109. The van der Waals surface area contributed by atoms with Gasteiger partial charge in [-0.2, -0.15) is 0 Å². The smallest absolute Gasteiger partial charge is 0.244 e. The average Bonchev–Trinajstić information content (AvgIpc) is 2.64. The Hall–Kier alpha value is -2.77. The van der Waals surface area contributed by atoms with Crippen LogP contribution in [-0.2, 0) is 7.05 Å². The summed E-state index contributed by atoms with van der Waals surface area (Å²) >= 11 is 0. The summed E-state index contributed by atoms with van der Waals surface area (Å²) in [5.41, 5.74) is 1.38. The predicted octanol–water partition coefficient (Wildman–Crippen LogP) is 2.33. The predicted molar refractivity (Wildman–Crippen MR) is 100 cm³/mol. The Labute approximate surface area is 151 Å². The summed E-state index contributed by atoms with van der Waals surface area (Å²) in [4.78, 5) is 20.3. The van der Waals surface area contributed by atoms with Gasteiger partial charge in [0.25, 0.3) is 0 Å². The van der Waals surface area contributed by atoms with Gasteiger partial charge in [-0.3, -0.25) is 13.8 Å². The van der Waals surface area contributed by atoms with Crippen molar-refractivity contribution >= 4 is 30.2 Å². The second-order valence-corrected chi connectivity index (χ2v) is 5.77. The van der Waals surface area contributed by atoms with Crippen molar-refractivity contribution < 1.29 is 8.78 Å². The third-order valence-electron chi connectivity index (χ3n) is 4.07. The molecule has 0 amide bonds. The van der Waals surface area contributed by atoms with Gasteiger partial charge in [-0.05, 0) is 30.9 Å². The minimum Gasteiger partial charge on any atom is -0.363 e. The van der Waals surface area contributed by atoms with Crippen molar-refractivity contribution in [2.45, 2.75) is 19.9 Å². The summed E-state index contributed by atoms with van der Waals surface area (Å²) in [6.45, 7) is 3.57. The fourth-order valence-electron chi connectivity index (χ4n) is 2.70. The molecule has 8 heteroatoms. The van der Waals surface area contributed by atoms with E-state index in [0.29, 0.717) is 35.2 Å². The van der Waals surface area contributed by atoms with E-state index in [4.69, 9.17) is 7.85 Å². The molecule has 0 saturated carbocycles. The first-order chi connectivity index (χ1) is 12.4. The molecule has 2 heterocycles. The fourth-order valence-corrected chi connectivity index (χ4v) is 2.70. The van der Waals surface area contributed by atoms with Crippen LogP contribution in [0.15, 0.2) is 35.4 Å². The number of aromatic nitrogens is 3. The normalized spacial score (nSPS) is 11.6. The highest BCUT2D eigenvalue weighted by Crippen LogP contribution is 2.25. The molecule has 2 aromatic heterocycles. The molecular weight excluding hydrogens is 337 g/mol. The van der Waals surface area contributed by atoms with E-state index >= 15 is 0 Å². The van der Waals surface area contributed by atoms with Gasteiger partial charge < -0.3 is 5.32 Å². The van der Waals surface area contributed by atoms with Crippen LogP contribution in [0.3, 0.4) is 0 Å². The second-order valence-electron chi connectivity index (χ2n) is 5.77. The topological polar surface area (TPSA) is 59.8 Å². The van der Waals surface area contributed by atoms with Crippen LogP contribution >= 0.6 is 0 Å². The van der Waals surface area contributed by atoms with E-state index in [1.807, 2.05) is 13.0 Å². The summed E-state index contributed by atoms with van der Waals surface area (Å²) in [6, 6.07) is 6.49. The molecule has 5 nitrogen and oxygen atoms in total. The zero-order valence-corrected chi connectivity index (χ0v) is 15.0. The molecule has 3 aromatic rings. The molecule has 0 unspecified atom stereocenters. The molecule has 0 aliphatic rings. The molecule has 26 heavy (non-hydrogen) atoms. The van der Waals surface area contributed by atoms with Gasteiger partial charge in [0.2, 0.25) is 5.56 Å². The highest BCUT2D eigenvalue weighted by molar-refractivity contribution is 6.32. The summed E-state index contributed by atoms with van der Waals surface area (Å²) in [5.74, 6) is 0.249. The molecule has 1 aromatic carbocycles. The van der Waals surface area contributed by atoms with Crippen molar-refractivity contribution in [3.05, 3.63) is 57.9 Å². The number of pyridine rings is 1. The van der Waals surface area contributed by atoms with Gasteiger partial charge in [0, 0.05) is 12.6 Å². The van der Waals surface area contributed by atoms with Gasteiger partial charge in [0.05, 0.1) is 18.6 Å². The largest absolute Gasteiger partial charge is 0.363 e. The SMILES string of the molecule is CF.[B]c1cc2c(N[C@H](C)c3cccc(C)c3F)ncnc2n(C)c1=O. The van der Waals surface area contributed by atoms with Gasteiger partial charge in [0.15, 0.2) is 0 Å². The molecular formula is C18H19BF2N4O. The third-order valence-corrected chi connectivity index (χ3v) is 4.07. The van der Waals surface area contributed by atoms with E-state index < -0.39 is 0 Å². The lowest BCUT2D eigenvalue weighted by Crippen LogP contribution is -2.33. The number of aryl methyl sites for hydroxylation is 2. The zero-order chi connectivity index (χ0) is 19.4. The van der Waals surface area contributed by atoms with E-state index in [1.54, 1.807) is 32.2 Å². The highest BCUT2D eigenvalue weighted by atomic mass is 19.1. The molecule has 2 radical (unpaired) electrons. The Balaban J connectivity index is 0.00000117. The standard InChI is InChI=1S/C17H16BFN4O.CH3F/c1-9-5-4-6-11(14(9)19)10(2)22-15-12-7-13(18)17(24)23(3)16(12)21-8-20-15;1-2/h4-8,10H,1-3H3,(H,20,21,22);1H3/t10-;/m1./s1. The van der Waals surface area contributed by atoms with E-state index in [0.717, 1.165) is 0 Å². The maximum Gasteiger partial charge on any atom is 0.244 e. The van der Waals surface area contributed by atoms with Crippen molar-refractivity contribution in [2.24, 2.45) is 7.05 Å². The molecule has 0 aliphatic carbocycles. The molecule has 1 atom stereocenters. The molecule has 134 valence electrons. The number of anilines is 1. The van der Waals surface area contributed by atoms with Crippen LogP contribution in [0.4, 0.5) is 14.6 Å². The van der Waals surface area contributed by atoms with Crippen LogP contribution in [0.25, 0.3) is 11.0 Å². The number of hydrogen-bond donors (Lipinski definition) is 1. The molecule has 0 saturated heterocycles. The van der Waals surface area contributed by atoms with Crippen molar-refractivity contribution in [3.8, 4) is 0 Å². The monoisotopic (exact) mass is 356 g/mol. The molecule has 0 fully saturated rings. The molecule has 0 spiro atoms. The van der Waals surface area contributed by atoms with Gasteiger partial charge in [0.1, 0.15) is 31.5 Å². The van der Waals surface area contributed by atoms with Gasteiger partial charge in [-0.15, -0.1) is 0 Å². The number of halogens is 2. The number of nitrogens with one attached hydrogen (secondary N) is 1. The van der Waals surface area contributed by atoms with Crippen LogP contribution in [0.1, 0.15) is 24.1 Å². The minimum atomic E-state index is -0.318. The van der Waals surface area contributed by atoms with Crippen molar-refractivity contribution in [1.82, 2.24) is 14.5 Å². The maximum atomic E-state index is 14.3. The van der Waals surface area contributed by atoms with Crippen LogP contribution in [0.5, 0.6) is 0 Å². The Morgan fingerprint density at radius 1 is 1.27 bits per heavy atom. The van der Waals surface area contributed by atoms with Crippen molar-refractivity contribution in [2.75, 3.05) is 12.5 Å². The molecule has 3 rings (SSSR count). The number of fused-ring (bicyclic) bond motifs is 1. The third kappa shape index (κ3) is 3.59. The first-order valence-corrected chi connectivity index (χ1v) is 7.89. The summed E-state index contributed by atoms with van der Waals surface area (Å²) in [7, 11) is 7.86. The zero-order valence-electron chi connectivity index (χ0n) is 15.0. The number of hydrogen-bond acceptors (Lipinski definition) is 4. The quantitative estimate of drug-likeness (QED) is 0.732. The Kier molecular flexibility index (Phi) is 6.08. The van der Waals surface area contributed by atoms with Gasteiger partial charge in [-0.1, -0.05) is 18.2 Å². The summed E-state index contributed by atoms with van der Waals surface area (Å²) < 4.78 is 25.2. The van der Waals surface area contributed by atoms with Crippen LogP contribution < -0.4 is 16.3 Å². The number of rotatable bonds is 3. The lowest BCUT2D eigenvalue weighted by molar-refractivity contribution is 0.591. The number of benzene rings is 1.